The van der Waals surface area contributed by atoms with Gasteiger partial charge in [0.15, 0.2) is 0 Å². The van der Waals surface area contributed by atoms with Crippen LogP contribution in [0.4, 0.5) is 5.69 Å². The first-order valence-corrected chi connectivity index (χ1v) is 6.36. The van der Waals surface area contributed by atoms with E-state index in [9.17, 15) is 9.59 Å². The van der Waals surface area contributed by atoms with E-state index in [-0.39, 0.29) is 6.04 Å². The fraction of sp³-hybridized carbons (Fsp3) is 0.273. The molecule has 1 N–H and O–H groups in total. The van der Waals surface area contributed by atoms with Crippen LogP contribution in [-0.2, 0) is 9.59 Å². The molecular weight excluding hydrogens is 262 g/mol. The van der Waals surface area contributed by atoms with E-state index in [4.69, 9.17) is 16.7 Å². The summed E-state index contributed by atoms with van der Waals surface area (Å²) in [5, 5.41) is 9.23. The number of para-hydroxylation sites is 1. The Labute approximate surface area is 108 Å². The van der Waals surface area contributed by atoms with Gasteiger partial charge < -0.3 is 5.11 Å². The fourth-order valence-electron chi connectivity index (χ4n) is 1.76. The van der Waals surface area contributed by atoms with E-state index in [1.165, 1.54) is 4.90 Å². The number of anilines is 1. The molecule has 0 spiro atoms. The number of hydrogen-bond acceptors (Lipinski definition) is 3. The van der Waals surface area contributed by atoms with Crippen LogP contribution in [0.3, 0.4) is 0 Å². The van der Waals surface area contributed by atoms with Gasteiger partial charge in [-0.05, 0) is 19.1 Å². The second-order valence-electron chi connectivity index (χ2n) is 3.73. The van der Waals surface area contributed by atoms with Crippen molar-refractivity contribution in [1.29, 1.82) is 0 Å². The van der Waals surface area contributed by atoms with Crippen LogP contribution in [0.2, 0.25) is 5.02 Å². The number of nitrogens with zero attached hydrogens (tertiary/aromatic N) is 1. The molecule has 1 aromatic rings. The maximum Gasteiger partial charge on any atom is 0.394 e. The lowest BCUT2D eigenvalue weighted by Gasteiger charge is -2.34. The van der Waals surface area contributed by atoms with Gasteiger partial charge in [0, 0.05) is 16.7 Å². The Balaban J connectivity index is 2.53. The number of carbonyl (C=O) groups is 2. The van der Waals surface area contributed by atoms with Gasteiger partial charge >= 0.3 is 11.9 Å². The lowest BCUT2D eigenvalue weighted by molar-refractivity contribution is -0.149. The van der Waals surface area contributed by atoms with Gasteiger partial charge in [0.05, 0.1) is 10.7 Å². The molecule has 1 unspecified atom stereocenters. The largest absolute Gasteiger partial charge is 0.474 e. The minimum Gasteiger partial charge on any atom is -0.474 e. The maximum absolute atomic E-state index is 11.7. The number of carboxylic acids is 1. The molecule has 6 heteroatoms. The highest BCUT2D eigenvalue weighted by Crippen LogP contribution is 2.41. The van der Waals surface area contributed by atoms with Crippen molar-refractivity contribution >= 4 is 40.9 Å². The molecule has 1 aliphatic rings. The van der Waals surface area contributed by atoms with E-state index in [1.807, 2.05) is 6.07 Å². The zero-order valence-electron chi connectivity index (χ0n) is 9.01. The van der Waals surface area contributed by atoms with Crippen molar-refractivity contribution < 1.29 is 14.7 Å². The number of thioether (sulfide) groups is 1. The van der Waals surface area contributed by atoms with Crippen LogP contribution >= 0.6 is 23.4 Å². The number of rotatable bonds is 0. The van der Waals surface area contributed by atoms with Crippen molar-refractivity contribution in [3.8, 4) is 0 Å². The molecule has 0 aromatic heterocycles. The van der Waals surface area contributed by atoms with Crippen molar-refractivity contribution in [3.63, 3.8) is 0 Å². The van der Waals surface area contributed by atoms with Crippen molar-refractivity contribution in [2.75, 3.05) is 10.7 Å². The fourth-order valence-corrected chi connectivity index (χ4v) is 3.17. The van der Waals surface area contributed by atoms with Crippen LogP contribution in [0.15, 0.2) is 23.1 Å². The third-order valence-corrected chi connectivity index (χ3v) is 4.11. The number of halogens is 1. The monoisotopic (exact) mass is 271 g/mol. The van der Waals surface area contributed by atoms with E-state index in [0.29, 0.717) is 16.5 Å². The zero-order valence-corrected chi connectivity index (χ0v) is 10.6. The molecule has 4 nitrogen and oxygen atoms in total. The van der Waals surface area contributed by atoms with Gasteiger partial charge in [-0.15, -0.1) is 11.8 Å². The molecule has 0 saturated carbocycles. The summed E-state index contributed by atoms with van der Waals surface area (Å²) < 4.78 is 0. The molecule has 2 rings (SSSR count). The number of amides is 1. The minimum atomic E-state index is -1.46. The van der Waals surface area contributed by atoms with Gasteiger partial charge in [0.25, 0.3) is 0 Å². The third-order valence-electron chi connectivity index (χ3n) is 2.51. The molecular formula is C11H10ClNO3S. The predicted molar refractivity (Wildman–Crippen MR) is 66.8 cm³/mol. The summed E-state index contributed by atoms with van der Waals surface area (Å²) in [7, 11) is 0. The minimum absolute atomic E-state index is 0.184. The van der Waals surface area contributed by atoms with Crippen molar-refractivity contribution in [1.82, 2.24) is 0 Å². The van der Waals surface area contributed by atoms with Gasteiger partial charge in [-0.2, -0.15) is 0 Å². The quantitative estimate of drug-likeness (QED) is 0.736. The van der Waals surface area contributed by atoms with E-state index < -0.39 is 11.9 Å². The first-order valence-electron chi connectivity index (χ1n) is 5.00. The number of fused-ring (bicyclic) bond motifs is 1. The Kier molecular flexibility index (Phi) is 3.31. The van der Waals surface area contributed by atoms with Gasteiger partial charge in [-0.1, -0.05) is 17.7 Å². The number of carbonyl (C=O) groups excluding carboxylic acids is 1. The van der Waals surface area contributed by atoms with Gasteiger partial charge in [0.2, 0.25) is 0 Å². The van der Waals surface area contributed by atoms with E-state index in [0.717, 1.165) is 4.90 Å². The lowest BCUT2D eigenvalue weighted by atomic mass is 10.2. The second-order valence-corrected chi connectivity index (χ2v) is 5.20. The molecule has 1 aromatic carbocycles. The van der Waals surface area contributed by atoms with Crippen LogP contribution in [0, 0.1) is 0 Å². The Morgan fingerprint density at radius 2 is 2.24 bits per heavy atom. The van der Waals surface area contributed by atoms with Gasteiger partial charge in [-0.3, -0.25) is 9.69 Å². The standard InChI is InChI=1S/C11H10ClNO3S/c1-6-5-17-8-4-2-3-7(12)9(8)13(6)10(14)11(15)16/h2-4,6H,5H2,1H3,(H,15,16). The van der Waals surface area contributed by atoms with Crippen LogP contribution in [0.5, 0.6) is 0 Å². The smallest absolute Gasteiger partial charge is 0.394 e. The highest BCUT2D eigenvalue weighted by atomic mass is 35.5. The summed E-state index contributed by atoms with van der Waals surface area (Å²) >= 11 is 7.62. The lowest BCUT2D eigenvalue weighted by Crippen LogP contribution is -2.46. The Hall–Kier alpha value is -1.20. The number of benzene rings is 1. The highest BCUT2D eigenvalue weighted by Gasteiger charge is 2.33. The summed E-state index contributed by atoms with van der Waals surface area (Å²) in [5.74, 6) is -1.74. The molecule has 0 aliphatic carbocycles. The first kappa shape index (κ1) is 12.3. The first-order chi connectivity index (χ1) is 8.02. The SMILES string of the molecule is CC1CSc2cccc(Cl)c2N1C(=O)C(=O)O. The van der Waals surface area contributed by atoms with Gasteiger partial charge in [-0.25, -0.2) is 4.79 Å². The molecule has 1 heterocycles. The van der Waals surface area contributed by atoms with E-state index >= 15 is 0 Å². The van der Waals surface area contributed by atoms with E-state index in [2.05, 4.69) is 0 Å². The molecule has 0 fully saturated rings. The molecule has 90 valence electrons. The molecule has 0 radical (unpaired) electrons. The summed E-state index contributed by atoms with van der Waals surface area (Å²) in [6, 6.07) is 5.09. The van der Waals surface area contributed by atoms with Crippen LogP contribution < -0.4 is 4.90 Å². The van der Waals surface area contributed by atoms with Crippen LogP contribution in [0.25, 0.3) is 0 Å². The van der Waals surface area contributed by atoms with Crippen molar-refractivity contribution in [2.45, 2.75) is 17.9 Å². The predicted octanol–water partition coefficient (Wildman–Crippen LogP) is 2.25. The molecule has 0 saturated heterocycles. The Bertz CT molecular complexity index is 492. The molecule has 17 heavy (non-hydrogen) atoms. The Morgan fingerprint density at radius 3 is 2.88 bits per heavy atom. The molecule has 1 atom stereocenters. The topological polar surface area (TPSA) is 57.6 Å². The average Bonchev–Trinajstić information content (AvgIpc) is 2.29. The second kappa shape index (κ2) is 4.58. The normalized spacial score (nSPS) is 18.7. The number of hydrogen-bond donors (Lipinski definition) is 1. The highest BCUT2D eigenvalue weighted by molar-refractivity contribution is 7.99. The number of aliphatic carboxylic acids is 1. The zero-order chi connectivity index (χ0) is 12.6. The van der Waals surface area contributed by atoms with Crippen LogP contribution in [0.1, 0.15) is 6.92 Å². The maximum atomic E-state index is 11.7. The number of carboxylic acid groups (broad SMARTS) is 1. The van der Waals surface area contributed by atoms with Crippen molar-refractivity contribution in [2.24, 2.45) is 0 Å². The molecule has 1 amide bonds. The average molecular weight is 272 g/mol. The summed E-state index contributed by atoms with van der Waals surface area (Å²) in [6.45, 7) is 1.81. The third kappa shape index (κ3) is 2.12. The summed E-state index contributed by atoms with van der Waals surface area (Å²) in [5.41, 5.74) is 0.505. The van der Waals surface area contributed by atoms with Crippen LogP contribution in [-0.4, -0.2) is 28.8 Å². The van der Waals surface area contributed by atoms with Gasteiger partial charge in [0.1, 0.15) is 0 Å². The molecule has 0 bridgehead atoms. The Morgan fingerprint density at radius 1 is 1.53 bits per heavy atom. The van der Waals surface area contributed by atoms with Crippen molar-refractivity contribution in [3.05, 3.63) is 23.2 Å². The summed E-state index contributed by atoms with van der Waals surface area (Å²) in [4.78, 5) is 24.6. The summed E-state index contributed by atoms with van der Waals surface area (Å²) in [6.07, 6.45) is 0. The molecule has 1 aliphatic heterocycles. The van der Waals surface area contributed by atoms with E-state index in [1.54, 1.807) is 30.8 Å².